The number of nitrogens with zero attached hydrogens (tertiary/aromatic N) is 2. The minimum absolute atomic E-state index is 0.0152. The highest BCUT2D eigenvalue weighted by Crippen LogP contribution is 2.31. The minimum Gasteiger partial charge on any atom is -0.372 e. The Morgan fingerprint density at radius 3 is 2.05 bits per heavy atom. The van der Waals surface area contributed by atoms with E-state index in [0.29, 0.717) is 0 Å². The normalized spacial score (nSPS) is 11.6. The summed E-state index contributed by atoms with van der Waals surface area (Å²) in [7, 11) is 1.90. The lowest BCUT2D eigenvalue weighted by Crippen LogP contribution is -2.18. The van der Waals surface area contributed by atoms with Gasteiger partial charge in [-0.25, -0.2) is 9.97 Å². The fourth-order valence-corrected chi connectivity index (χ4v) is 3.66. The summed E-state index contributed by atoms with van der Waals surface area (Å²) >= 11 is 2.33. The predicted octanol–water partition coefficient (Wildman–Crippen LogP) is 4.70. The number of rotatable bonds is 2. The lowest BCUT2D eigenvalue weighted by Gasteiger charge is -2.22. The highest BCUT2D eigenvalue weighted by molar-refractivity contribution is 14.1. The third-order valence-corrected chi connectivity index (χ3v) is 4.30. The summed E-state index contributed by atoms with van der Waals surface area (Å²) in [5, 5.41) is 3.19. The van der Waals surface area contributed by atoms with Crippen molar-refractivity contribution in [1.82, 2.24) is 9.97 Å². The second-order valence-corrected chi connectivity index (χ2v) is 7.51. The standard InChI is InChI=1S/C17H22IN3/c1-10-7-11(2)9-12(8-10)15-20-14(17(3,4)5)13(18)16(19-6)21-15/h7-9H,1-6H3,(H,19,20,21). The smallest absolute Gasteiger partial charge is 0.161 e. The van der Waals surface area contributed by atoms with E-state index >= 15 is 0 Å². The highest BCUT2D eigenvalue weighted by Gasteiger charge is 2.23. The first kappa shape index (κ1) is 16.2. The predicted molar refractivity (Wildman–Crippen MR) is 97.9 cm³/mol. The van der Waals surface area contributed by atoms with Crippen LogP contribution >= 0.6 is 22.6 Å². The lowest BCUT2D eigenvalue weighted by molar-refractivity contribution is 0.564. The molecule has 112 valence electrons. The van der Waals surface area contributed by atoms with Crippen LogP contribution in [0.4, 0.5) is 5.82 Å². The van der Waals surface area contributed by atoms with Gasteiger partial charge in [0, 0.05) is 18.0 Å². The summed E-state index contributed by atoms with van der Waals surface area (Å²) in [6.45, 7) is 10.8. The first-order chi connectivity index (χ1) is 9.72. The Morgan fingerprint density at radius 2 is 1.57 bits per heavy atom. The van der Waals surface area contributed by atoms with Gasteiger partial charge in [0.1, 0.15) is 5.82 Å². The monoisotopic (exact) mass is 395 g/mol. The number of anilines is 1. The van der Waals surface area contributed by atoms with E-state index < -0.39 is 0 Å². The van der Waals surface area contributed by atoms with Crippen molar-refractivity contribution < 1.29 is 0 Å². The molecule has 0 aliphatic carbocycles. The molecule has 0 bridgehead atoms. The van der Waals surface area contributed by atoms with Gasteiger partial charge in [0.15, 0.2) is 5.82 Å². The van der Waals surface area contributed by atoms with Gasteiger partial charge in [0.2, 0.25) is 0 Å². The van der Waals surface area contributed by atoms with E-state index in [0.717, 1.165) is 26.5 Å². The SMILES string of the molecule is CNc1nc(-c2cc(C)cc(C)c2)nc(C(C)(C)C)c1I. The number of hydrogen-bond acceptors (Lipinski definition) is 3. The molecular formula is C17H22IN3. The Balaban J connectivity index is 2.69. The molecule has 3 nitrogen and oxygen atoms in total. The highest BCUT2D eigenvalue weighted by atomic mass is 127. The molecule has 0 aliphatic rings. The molecule has 0 unspecified atom stereocenters. The number of benzene rings is 1. The molecule has 2 aromatic rings. The largest absolute Gasteiger partial charge is 0.372 e. The van der Waals surface area contributed by atoms with E-state index in [1.54, 1.807) is 0 Å². The molecule has 1 aromatic heterocycles. The lowest BCUT2D eigenvalue weighted by atomic mass is 9.91. The average molecular weight is 395 g/mol. The fraction of sp³-hybridized carbons (Fsp3) is 0.412. The van der Waals surface area contributed by atoms with Crippen molar-refractivity contribution in [3.05, 3.63) is 38.6 Å². The summed E-state index contributed by atoms with van der Waals surface area (Å²) in [4.78, 5) is 9.53. The molecule has 1 aromatic carbocycles. The van der Waals surface area contributed by atoms with Crippen molar-refractivity contribution in [1.29, 1.82) is 0 Å². The van der Waals surface area contributed by atoms with E-state index in [4.69, 9.17) is 4.98 Å². The maximum absolute atomic E-state index is 4.85. The van der Waals surface area contributed by atoms with E-state index in [1.807, 2.05) is 7.05 Å². The summed E-state index contributed by atoms with van der Waals surface area (Å²) in [5.74, 6) is 1.68. The minimum atomic E-state index is -0.0152. The Kier molecular flexibility index (Phi) is 4.56. The van der Waals surface area contributed by atoms with Gasteiger partial charge in [0.05, 0.1) is 9.26 Å². The molecule has 0 saturated carbocycles. The first-order valence-corrected chi connectivity index (χ1v) is 8.14. The van der Waals surface area contributed by atoms with Crippen molar-refractivity contribution in [2.45, 2.75) is 40.0 Å². The van der Waals surface area contributed by atoms with Gasteiger partial charge in [-0.2, -0.15) is 0 Å². The van der Waals surface area contributed by atoms with Crippen molar-refractivity contribution in [3.63, 3.8) is 0 Å². The second kappa shape index (κ2) is 5.91. The van der Waals surface area contributed by atoms with Gasteiger partial charge in [0.25, 0.3) is 0 Å². The zero-order valence-corrected chi connectivity index (χ0v) is 15.7. The van der Waals surface area contributed by atoms with Crippen LogP contribution in [0, 0.1) is 17.4 Å². The van der Waals surface area contributed by atoms with E-state index in [9.17, 15) is 0 Å². The van der Waals surface area contributed by atoms with Crippen LogP contribution in [0.5, 0.6) is 0 Å². The molecule has 0 fully saturated rings. The summed E-state index contributed by atoms with van der Waals surface area (Å²) in [6.07, 6.45) is 0. The molecule has 0 amide bonds. The van der Waals surface area contributed by atoms with Crippen molar-refractivity contribution in [2.24, 2.45) is 0 Å². The van der Waals surface area contributed by atoms with Gasteiger partial charge in [-0.15, -0.1) is 0 Å². The van der Waals surface area contributed by atoms with Crippen LogP contribution in [0.25, 0.3) is 11.4 Å². The molecule has 0 aliphatic heterocycles. The van der Waals surface area contributed by atoms with Gasteiger partial charge in [-0.3, -0.25) is 0 Å². The Labute approximate surface area is 140 Å². The topological polar surface area (TPSA) is 37.8 Å². The number of hydrogen-bond donors (Lipinski definition) is 1. The third kappa shape index (κ3) is 3.54. The summed E-state index contributed by atoms with van der Waals surface area (Å²) < 4.78 is 1.09. The molecule has 1 heterocycles. The molecule has 0 spiro atoms. The molecule has 0 saturated heterocycles. The molecule has 0 radical (unpaired) electrons. The average Bonchev–Trinajstić information content (AvgIpc) is 2.36. The first-order valence-electron chi connectivity index (χ1n) is 7.07. The number of aromatic nitrogens is 2. The second-order valence-electron chi connectivity index (χ2n) is 6.43. The number of nitrogens with one attached hydrogen (secondary N) is 1. The molecule has 2 rings (SSSR count). The maximum Gasteiger partial charge on any atom is 0.161 e. The molecule has 1 N–H and O–H groups in total. The molecule has 0 atom stereocenters. The van der Waals surface area contributed by atoms with Gasteiger partial charge < -0.3 is 5.32 Å². The van der Waals surface area contributed by atoms with Crippen LogP contribution in [-0.2, 0) is 5.41 Å². The van der Waals surface area contributed by atoms with Gasteiger partial charge in [-0.05, 0) is 48.6 Å². The van der Waals surface area contributed by atoms with Crippen molar-refractivity contribution >= 4 is 28.4 Å². The van der Waals surface area contributed by atoms with Crippen LogP contribution in [-0.4, -0.2) is 17.0 Å². The number of aryl methyl sites for hydroxylation is 2. The van der Waals surface area contributed by atoms with Crippen molar-refractivity contribution in [3.8, 4) is 11.4 Å². The van der Waals surface area contributed by atoms with Crippen LogP contribution in [0.1, 0.15) is 37.6 Å². The van der Waals surface area contributed by atoms with Crippen molar-refractivity contribution in [2.75, 3.05) is 12.4 Å². The van der Waals surface area contributed by atoms with Crippen LogP contribution in [0.3, 0.4) is 0 Å². The van der Waals surface area contributed by atoms with Crippen LogP contribution in [0.2, 0.25) is 0 Å². The number of halogens is 1. The Morgan fingerprint density at radius 1 is 1.00 bits per heavy atom. The van der Waals surface area contributed by atoms with Crippen LogP contribution in [0.15, 0.2) is 18.2 Å². The Hall–Kier alpha value is -1.17. The van der Waals surface area contributed by atoms with Gasteiger partial charge >= 0.3 is 0 Å². The molecule has 21 heavy (non-hydrogen) atoms. The zero-order chi connectivity index (χ0) is 15.8. The summed E-state index contributed by atoms with van der Waals surface area (Å²) in [6, 6.07) is 6.45. The maximum atomic E-state index is 4.85. The molecule has 4 heteroatoms. The van der Waals surface area contributed by atoms with E-state index in [1.165, 1.54) is 11.1 Å². The quantitative estimate of drug-likeness (QED) is 0.749. The van der Waals surface area contributed by atoms with Gasteiger partial charge in [-0.1, -0.05) is 38.0 Å². The third-order valence-electron chi connectivity index (χ3n) is 3.28. The van der Waals surface area contributed by atoms with E-state index in [2.05, 4.69) is 85.7 Å². The fourth-order valence-electron chi connectivity index (χ4n) is 2.34. The zero-order valence-electron chi connectivity index (χ0n) is 13.5. The van der Waals surface area contributed by atoms with Crippen LogP contribution < -0.4 is 5.32 Å². The Bertz CT molecular complexity index is 652. The summed E-state index contributed by atoms with van der Waals surface area (Å²) in [5.41, 5.74) is 4.60. The van der Waals surface area contributed by atoms with E-state index in [-0.39, 0.29) is 5.41 Å². The molecular weight excluding hydrogens is 373 g/mol.